The summed E-state index contributed by atoms with van der Waals surface area (Å²) in [6.07, 6.45) is 6.05. The zero-order valence-corrected chi connectivity index (χ0v) is 22.3. The summed E-state index contributed by atoms with van der Waals surface area (Å²) in [5, 5.41) is 6.33. The van der Waals surface area contributed by atoms with Gasteiger partial charge in [0.05, 0.1) is 0 Å². The van der Waals surface area contributed by atoms with Crippen molar-refractivity contribution in [2.75, 3.05) is 32.1 Å². The number of methoxy groups -OCH3 is 1. The van der Waals surface area contributed by atoms with E-state index in [0.29, 0.717) is 53.0 Å². The van der Waals surface area contributed by atoms with E-state index in [0.717, 1.165) is 31.5 Å². The van der Waals surface area contributed by atoms with Gasteiger partial charge in [0.15, 0.2) is 0 Å². The van der Waals surface area contributed by atoms with E-state index in [9.17, 15) is 14.0 Å². The van der Waals surface area contributed by atoms with Gasteiger partial charge in [-0.1, -0.05) is 0 Å². The number of H-pyrrole nitrogens is 1. The summed E-state index contributed by atoms with van der Waals surface area (Å²) in [6.45, 7) is 1.95. The summed E-state index contributed by atoms with van der Waals surface area (Å²) in [5.74, 6) is 0.157. The number of amides is 2. The zero-order valence-electron chi connectivity index (χ0n) is 20.1. The van der Waals surface area contributed by atoms with Gasteiger partial charge in [-0.15, -0.1) is 0 Å². The zero-order chi connectivity index (χ0) is 25.5. The molecule has 5 heterocycles. The van der Waals surface area contributed by atoms with Gasteiger partial charge in [0, 0.05) is 0 Å². The third-order valence-electron chi connectivity index (χ3n) is 7.23. The number of nitrogens with zero attached hydrogens (tertiary/aromatic N) is 2. The molecule has 1 saturated heterocycles. The number of halogens is 2. The van der Waals surface area contributed by atoms with Crippen molar-refractivity contribution < 1.29 is 43.4 Å². The molecule has 4 bridgehead atoms. The van der Waals surface area contributed by atoms with Crippen LogP contribution in [0.3, 0.4) is 0 Å². The number of carbonyl (C=O) groups excluding carboxylic acids is 2. The van der Waals surface area contributed by atoms with Gasteiger partial charge in [-0.3, -0.25) is 0 Å². The third-order valence-corrected chi connectivity index (χ3v) is 8.98. The molecular weight excluding hydrogens is 592 g/mol. The Morgan fingerprint density at radius 3 is 3.05 bits per heavy atom. The number of piperidine rings is 1. The van der Waals surface area contributed by atoms with Crippen LogP contribution in [0.4, 0.5) is 20.6 Å². The Balaban J connectivity index is 1.54. The van der Waals surface area contributed by atoms with Crippen LogP contribution in [0.5, 0.6) is 11.5 Å². The molecule has 3 N–H and O–H groups in total. The second kappa shape index (κ2) is 9.84. The molecule has 1 fully saturated rings. The fraction of sp³-hybridized carbons (Fsp3) is 0.346. The van der Waals surface area contributed by atoms with Crippen molar-refractivity contribution in [3.8, 4) is 22.8 Å². The van der Waals surface area contributed by atoms with Gasteiger partial charge in [-0.2, -0.15) is 0 Å². The molecule has 0 radical (unpaired) electrons. The van der Waals surface area contributed by atoms with E-state index in [1.165, 1.54) is 13.2 Å². The van der Waals surface area contributed by atoms with Crippen molar-refractivity contribution in [3.63, 3.8) is 0 Å². The number of anilines is 2. The Kier molecular flexibility index (Phi) is 6.39. The topological polar surface area (TPSA) is 109 Å². The fourth-order valence-electron chi connectivity index (χ4n) is 5.54. The van der Waals surface area contributed by atoms with Gasteiger partial charge < -0.3 is 0 Å². The van der Waals surface area contributed by atoms with E-state index in [1.54, 1.807) is 30.6 Å². The number of carbonyl (C=O) groups is 2. The molecule has 6 rings (SSSR count). The maximum atomic E-state index is 14.5. The molecule has 0 spiro atoms. The van der Waals surface area contributed by atoms with Gasteiger partial charge in [0.25, 0.3) is 0 Å². The molecule has 9 nitrogen and oxygen atoms in total. The summed E-state index contributed by atoms with van der Waals surface area (Å²) in [5.41, 5.74) is 3.51. The molecule has 194 valence electrons. The first-order valence-electron chi connectivity index (χ1n) is 12.2. The van der Waals surface area contributed by atoms with E-state index >= 15 is 0 Å². The molecule has 37 heavy (non-hydrogen) atoms. The van der Waals surface area contributed by atoms with Crippen LogP contribution in [0, 0.1) is 11.7 Å². The summed E-state index contributed by atoms with van der Waals surface area (Å²) in [7, 11) is 1.40. The molecule has 2 unspecified atom stereocenters. The van der Waals surface area contributed by atoms with Crippen LogP contribution < -0.4 is 40.1 Å². The van der Waals surface area contributed by atoms with Crippen molar-refractivity contribution in [2.24, 2.45) is 5.92 Å². The van der Waals surface area contributed by atoms with Gasteiger partial charge in [-0.05, 0) is 0 Å². The van der Waals surface area contributed by atoms with Gasteiger partial charge in [0.2, 0.25) is 0 Å². The summed E-state index contributed by atoms with van der Waals surface area (Å²) in [4.78, 5) is 36.0. The number of aromatic amines is 1. The normalized spacial score (nSPS) is 21.2. The first-order chi connectivity index (χ1) is 18.0. The number of pyridine rings is 1. The maximum absolute atomic E-state index is 14.5. The van der Waals surface area contributed by atoms with E-state index in [2.05, 4.69) is 20.6 Å². The number of aromatic nitrogens is 2. The third kappa shape index (κ3) is 4.38. The second-order valence-corrected chi connectivity index (χ2v) is 11.3. The second-order valence-electron chi connectivity index (χ2n) is 9.49. The van der Waals surface area contributed by atoms with Crippen LogP contribution in [0.25, 0.3) is 11.3 Å². The number of benzene rings is 1. The summed E-state index contributed by atoms with van der Waals surface area (Å²) >= 11 is -1.27. The number of hydrogen-bond donors (Lipinski definition) is 3. The summed E-state index contributed by atoms with van der Waals surface area (Å²) < 4.78 is 26.0. The molecule has 2 amide bonds. The molecule has 0 saturated carbocycles. The molecule has 0 aliphatic carbocycles. The molecule has 1 aromatic carbocycles. The molecule has 3 aromatic rings. The average Bonchev–Trinajstić information content (AvgIpc) is 3.29. The molecule has 2 atom stereocenters. The van der Waals surface area contributed by atoms with E-state index in [4.69, 9.17) is 7.80 Å². The minimum absolute atomic E-state index is 0.0399. The van der Waals surface area contributed by atoms with Crippen LogP contribution in [0.15, 0.2) is 36.7 Å². The first kappa shape index (κ1) is 24.0. The quantitative estimate of drug-likeness (QED) is 0.233. The number of nitrogens with one attached hydrogen (secondary N) is 3. The average molecular weight is 618 g/mol. The molecule has 3 aliphatic heterocycles. The number of para-hydroxylation sites is 1. The standard InChI is InChI=1S/C26H26FIN5O4/c1-36-24-17(27)5-2-6-18(24)31-23-20-21-15(11-30-25(20)34)10-14-4-3-9-33(13-14)26(35)28-37-19-12-29-8-7-16(19)22(23)32-21/h2,5-8,12,14-15,31-32H,3-4,9-11,13H2,1H3,(H,30,34)/q-1. The Morgan fingerprint density at radius 1 is 1.30 bits per heavy atom. The van der Waals surface area contributed by atoms with Crippen molar-refractivity contribution in [3.05, 3.63) is 53.7 Å². The van der Waals surface area contributed by atoms with Gasteiger partial charge in [0.1, 0.15) is 0 Å². The predicted octanol–water partition coefficient (Wildman–Crippen LogP) is 1.41. The van der Waals surface area contributed by atoms with Crippen LogP contribution >= 0.6 is 0 Å². The minimum atomic E-state index is -1.27. The van der Waals surface area contributed by atoms with Crippen molar-refractivity contribution in [1.82, 2.24) is 20.2 Å². The molecular formula is C26H26FIN5O4-. The van der Waals surface area contributed by atoms with Crippen molar-refractivity contribution >= 4 is 21.2 Å². The van der Waals surface area contributed by atoms with E-state index < -0.39 is 27.4 Å². The molecule has 2 aromatic heterocycles. The predicted molar refractivity (Wildman–Crippen MR) is 130 cm³/mol. The van der Waals surface area contributed by atoms with Crippen molar-refractivity contribution in [1.29, 1.82) is 0 Å². The Labute approximate surface area is 223 Å². The molecule has 3 aliphatic rings. The number of hydrogen-bond acceptors (Lipinski definition) is 6. The van der Waals surface area contributed by atoms with Crippen LogP contribution in [0.2, 0.25) is 0 Å². The molecule has 11 heteroatoms. The van der Waals surface area contributed by atoms with Gasteiger partial charge >= 0.3 is 224 Å². The Morgan fingerprint density at radius 2 is 2.19 bits per heavy atom. The number of ether oxygens (including phenoxy) is 1. The van der Waals surface area contributed by atoms with Crippen LogP contribution in [-0.2, 0) is 0 Å². The van der Waals surface area contributed by atoms with Gasteiger partial charge in [-0.25, -0.2) is 0 Å². The monoisotopic (exact) mass is 618 g/mol. The Hall–Kier alpha value is -3.35. The first-order valence-corrected chi connectivity index (χ1v) is 14.2. The van der Waals surface area contributed by atoms with Crippen LogP contribution in [0.1, 0.15) is 41.2 Å². The van der Waals surface area contributed by atoms with E-state index in [-0.39, 0.29) is 21.5 Å². The Bertz CT molecular complexity index is 1380. The number of fused-ring (bicyclic) bond motifs is 5. The SMILES string of the molecule is COc1c(F)cccc1Nc1c2[nH]c3c1C(=O)NCC3CC1CCCN(C1)C(=O)[I-]Oc1cnccc1-2. The number of rotatable bonds is 3. The fourth-order valence-corrected chi connectivity index (χ4v) is 7.03. The van der Waals surface area contributed by atoms with E-state index in [1.807, 2.05) is 4.90 Å². The van der Waals surface area contributed by atoms with Crippen LogP contribution in [-0.4, -0.2) is 51.4 Å². The van der Waals surface area contributed by atoms with Crippen molar-refractivity contribution in [2.45, 2.75) is 25.2 Å². The summed E-state index contributed by atoms with van der Waals surface area (Å²) in [6, 6.07) is 6.40.